The van der Waals surface area contributed by atoms with E-state index in [0.29, 0.717) is 17.9 Å². The van der Waals surface area contributed by atoms with Crippen LogP contribution in [0.3, 0.4) is 0 Å². The molecule has 3 fully saturated rings. The van der Waals surface area contributed by atoms with Gasteiger partial charge < -0.3 is 10.1 Å². The van der Waals surface area contributed by atoms with Crippen LogP contribution in [0.25, 0.3) is 10.8 Å². The summed E-state index contributed by atoms with van der Waals surface area (Å²) in [4.78, 5) is 4.37. The highest BCUT2D eigenvalue weighted by Gasteiger charge is 2.66. The molecule has 1 aromatic carbocycles. The van der Waals surface area contributed by atoms with Crippen LogP contribution in [0.15, 0.2) is 60.0 Å². The highest BCUT2D eigenvalue weighted by atomic mass is 16.5. The first kappa shape index (κ1) is 19.5. The van der Waals surface area contributed by atoms with E-state index >= 15 is 0 Å². The van der Waals surface area contributed by atoms with Crippen LogP contribution in [0.4, 0.5) is 0 Å². The Morgan fingerprint density at radius 1 is 1.09 bits per heavy atom. The normalized spacial score (nSPS) is 42.1. The lowest BCUT2D eigenvalue weighted by atomic mass is 9.58. The van der Waals surface area contributed by atoms with Crippen molar-refractivity contribution in [2.24, 2.45) is 11.3 Å². The summed E-state index contributed by atoms with van der Waals surface area (Å²) in [5.41, 5.74) is 4.80. The van der Waals surface area contributed by atoms with Gasteiger partial charge in [0.15, 0.2) is 0 Å². The molecule has 2 saturated carbocycles. The summed E-state index contributed by atoms with van der Waals surface area (Å²) < 4.78 is 7.36. The third-order valence-corrected chi connectivity index (χ3v) is 10.2. The molecule has 6 atom stereocenters. The molecular formula is C29H34N2O. The van der Waals surface area contributed by atoms with Crippen LogP contribution in [-0.4, -0.2) is 29.3 Å². The maximum Gasteiger partial charge on any atom is 0.0974 e. The minimum Gasteiger partial charge on any atom is -0.359 e. The second-order valence-corrected chi connectivity index (χ2v) is 11.4. The summed E-state index contributed by atoms with van der Waals surface area (Å²) in [7, 11) is 2.12. The number of ether oxygens (including phenoxy) is 1. The monoisotopic (exact) mass is 426 g/mol. The summed E-state index contributed by atoms with van der Waals surface area (Å²) in [5, 5.41) is 6.11. The number of nitrogens with zero attached hydrogens (tertiary/aromatic N) is 1. The van der Waals surface area contributed by atoms with E-state index in [4.69, 9.17) is 4.74 Å². The van der Waals surface area contributed by atoms with Gasteiger partial charge in [0.05, 0.1) is 11.2 Å². The molecule has 1 saturated heterocycles. The fourth-order valence-electron chi connectivity index (χ4n) is 8.52. The molecular weight excluding hydrogens is 392 g/mol. The van der Waals surface area contributed by atoms with E-state index in [1.54, 1.807) is 5.57 Å². The molecule has 2 aliphatic heterocycles. The quantitative estimate of drug-likeness (QED) is 0.633. The molecule has 1 N–H and O–H groups in total. The third kappa shape index (κ3) is 2.42. The second kappa shape index (κ2) is 6.55. The topological polar surface area (TPSA) is 34.2 Å². The van der Waals surface area contributed by atoms with Crippen LogP contribution in [-0.2, 0) is 4.74 Å². The Kier molecular flexibility index (Phi) is 3.99. The number of allylic oxidation sites excluding steroid dienone is 1. The van der Waals surface area contributed by atoms with Gasteiger partial charge in [0, 0.05) is 23.8 Å². The lowest BCUT2D eigenvalue weighted by Crippen LogP contribution is -2.54. The van der Waals surface area contributed by atoms with Crippen molar-refractivity contribution in [3.8, 4) is 0 Å². The van der Waals surface area contributed by atoms with E-state index in [1.165, 1.54) is 66.9 Å². The Morgan fingerprint density at radius 3 is 2.94 bits per heavy atom. The van der Waals surface area contributed by atoms with Crippen LogP contribution in [0, 0.1) is 11.3 Å². The van der Waals surface area contributed by atoms with Crippen molar-refractivity contribution in [2.45, 2.75) is 81.5 Å². The highest BCUT2D eigenvalue weighted by Crippen LogP contribution is 2.69. The van der Waals surface area contributed by atoms with E-state index in [9.17, 15) is 0 Å². The molecule has 166 valence electrons. The van der Waals surface area contributed by atoms with E-state index in [1.807, 2.05) is 12.4 Å². The van der Waals surface area contributed by atoms with E-state index in [0.717, 1.165) is 6.42 Å². The Hall–Kier alpha value is -1.97. The molecule has 2 bridgehead atoms. The molecule has 2 spiro atoms. The lowest BCUT2D eigenvalue weighted by Gasteiger charge is -2.54. The number of rotatable bonds is 2. The maximum absolute atomic E-state index is 7.36. The lowest BCUT2D eigenvalue weighted by molar-refractivity contribution is -0.136. The van der Waals surface area contributed by atoms with Gasteiger partial charge >= 0.3 is 0 Å². The second-order valence-electron chi connectivity index (χ2n) is 11.4. The Balaban J connectivity index is 1.29. The van der Waals surface area contributed by atoms with Crippen molar-refractivity contribution >= 4 is 10.8 Å². The number of hydrogen-bond acceptors (Lipinski definition) is 3. The first-order valence-electron chi connectivity index (χ1n) is 12.7. The zero-order valence-electron chi connectivity index (χ0n) is 19.4. The van der Waals surface area contributed by atoms with Gasteiger partial charge in [-0.3, -0.25) is 4.98 Å². The predicted molar refractivity (Wildman–Crippen MR) is 129 cm³/mol. The van der Waals surface area contributed by atoms with Gasteiger partial charge in [0.25, 0.3) is 0 Å². The molecule has 3 aliphatic carbocycles. The molecule has 1 aromatic heterocycles. The molecule has 3 heteroatoms. The van der Waals surface area contributed by atoms with Crippen molar-refractivity contribution < 1.29 is 4.74 Å². The predicted octanol–water partition coefficient (Wildman–Crippen LogP) is 6.06. The maximum atomic E-state index is 7.36. The zero-order valence-corrected chi connectivity index (χ0v) is 19.4. The Labute approximate surface area is 191 Å². The molecule has 3 heterocycles. The summed E-state index contributed by atoms with van der Waals surface area (Å²) in [6.07, 6.45) is 18.8. The number of hydrogen-bond donors (Lipinski definition) is 1. The van der Waals surface area contributed by atoms with Crippen LogP contribution in [0.1, 0.15) is 69.8 Å². The number of aromatic nitrogens is 1. The minimum atomic E-state index is -0.0563. The number of fused-ring (bicyclic) bond motifs is 2. The summed E-state index contributed by atoms with van der Waals surface area (Å²) >= 11 is 0. The van der Waals surface area contributed by atoms with Crippen molar-refractivity contribution in [1.29, 1.82) is 0 Å². The Morgan fingerprint density at radius 2 is 2.03 bits per heavy atom. The van der Waals surface area contributed by atoms with Crippen LogP contribution >= 0.6 is 0 Å². The molecule has 1 unspecified atom stereocenters. The van der Waals surface area contributed by atoms with E-state index < -0.39 is 0 Å². The van der Waals surface area contributed by atoms with Gasteiger partial charge in [0.1, 0.15) is 0 Å². The summed E-state index contributed by atoms with van der Waals surface area (Å²) in [6, 6.07) is 9.79. The van der Waals surface area contributed by atoms with Crippen LogP contribution < -0.4 is 5.32 Å². The standard InChI is InChI=1S/C29H34N2O/c1-27-11-9-23-16-22-5-6-24(30-2)17-28(22)12-13-29(23,32-28)26(27)8-7-25(27)20-4-3-19-10-14-31-18-21(19)15-20/h3-4,9-10,14-16,18,24-26,30H,5-8,11-13,17H2,1-2H3/t24-,25-,26-,27-,28-,29?/m1/s1. The minimum absolute atomic E-state index is 0.00573. The fourth-order valence-corrected chi connectivity index (χ4v) is 8.52. The largest absolute Gasteiger partial charge is 0.359 e. The smallest absolute Gasteiger partial charge is 0.0974 e. The average molecular weight is 427 g/mol. The number of pyridine rings is 1. The van der Waals surface area contributed by atoms with Gasteiger partial charge in [-0.2, -0.15) is 0 Å². The van der Waals surface area contributed by atoms with Crippen molar-refractivity contribution in [2.75, 3.05) is 7.05 Å². The van der Waals surface area contributed by atoms with Crippen molar-refractivity contribution in [1.82, 2.24) is 10.3 Å². The van der Waals surface area contributed by atoms with Gasteiger partial charge in [-0.05, 0) is 110 Å². The molecule has 0 radical (unpaired) electrons. The molecule has 0 amide bonds. The first-order chi connectivity index (χ1) is 15.6. The van der Waals surface area contributed by atoms with Crippen molar-refractivity contribution in [3.63, 3.8) is 0 Å². The number of benzene rings is 1. The van der Waals surface area contributed by atoms with E-state index in [-0.39, 0.29) is 16.6 Å². The SMILES string of the molecule is CN[C@@H]1CCC2=CC3=CC[C@]4(C)[C@@H](c5ccc6ccncc6c5)CC[C@H]4C34CC[C@]2(C1)O4. The molecule has 5 aliphatic rings. The number of nitrogens with one attached hydrogen (secondary N) is 1. The fraction of sp³-hybridized carbons (Fsp3) is 0.552. The van der Waals surface area contributed by atoms with Crippen LogP contribution in [0.5, 0.6) is 0 Å². The first-order valence-corrected chi connectivity index (χ1v) is 12.7. The zero-order chi connectivity index (χ0) is 21.6. The van der Waals surface area contributed by atoms with Crippen molar-refractivity contribution in [3.05, 3.63) is 65.5 Å². The van der Waals surface area contributed by atoms with E-state index in [2.05, 4.69) is 60.7 Å². The third-order valence-electron chi connectivity index (χ3n) is 10.2. The van der Waals surface area contributed by atoms with Gasteiger partial charge in [-0.1, -0.05) is 31.2 Å². The highest BCUT2D eigenvalue weighted by molar-refractivity contribution is 5.82. The average Bonchev–Trinajstić information content (AvgIpc) is 3.33. The molecule has 32 heavy (non-hydrogen) atoms. The molecule has 3 nitrogen and oxygen atoms in total. The Bertz CT molecular complexity index is 1170. The molecule has 2 aromatic rings. The van der Waals surface area contributed by atoms with Gasteiger partial charge in [-0.25, -0.2) is 0 Å². The summed E-state index contributed by atoms with van der Waals surface area (Å²) in [5.74, 6) is 1.20. The molecule has 7 rings (SSSR count). The summed E-state index contributed by atoms with van der Waals surface area (Å²) in [6.45, 7) is 2.57. The van der Waals surface area contributed by atoms with Gasteiger partial charge in [-0.15, -0.1) is 0 Å². The van der Waals surface area contributed by atoms with Crippen LogP contribution in [0.2, 0.25) is 0 Å². The van der Waals surface area contributed by atoms with Gasteiger partial charge in [0.2, 0.25) is 0 Å².